The molecule has 0 unspecified atom stereocenters. The zero-order valence-electron chi connectivity index (χ0n) is 11.6. The van der Waals surface area contributed by atoms with Crippen LogP contribution in [0.4, 0.5) is 5.69 Å². The Kier molecular flexibility index (Phi) is 3.55. The Morgan fingerprint density at radius 2 is 1.86 bits per heavy atom. The van der Waals surface area contributed by atoms with Crippen molar-refractivity contribution in [2.75, 3.05) is 0 Å². The van der Waals surface area contributed by atoms with Gasteiger partial charge in [-0.05, 0) is 67.1 Å². The fourth-order valence-corrected chi connectivity index (χ4v) is 2.89. The zero-order valence-corrected chi connectivity index (χ0v) is 12.3. The van der Waals surface area contributed by atoms with Crippen LogP contribution in [0.5, 0.6) is 11.5 Å². The Morgan fingerprint density at radius 3 is 2.52 bits per heavy atom. The first-order valence-corrected chi connectivity index (χ1v) is 7.16. The van der Waals surface area contributed by atoms with Crippen LogP contribution in [-0.2, 0) is 12.8 Å². The van der Waals surface area contributed by atoms with Crippen molar-refractivity contribution < 1.29 is 9.66 Å². The van der Waals surface area contributed by atoms with Crippen LogP contribution in [0.2, 0.25) is 5.02 Å². The predicted octanol–water partition coefficient (Wildman–Crippen LogP) is 4.84. The summed E-state index contributed by atoms with van der Waals surface area (Å²) < 4.78 is 5.78. The minimum Gasteiger partial charge on any atom is -0.450 e. The third-order valence-corrected chi connectivity index (χ3v) is 3.96. The molecule has 0 saturated carbocycles. The number of ether oxygens (including phenoxy) is 1. The smallest absolute Gasteiger partial charge is 0.311 e. The van der Waals surface area contributed by atoms with Gasteiger partial charge in [0.25, 0.3) is 0 Å². The molecule has 5 heteroatoms. The topological polar surface area (TPSA) is 52.4 Å². The number of hydrogen-bond acceptors (Lipinski definition) is 3. The number of nitro benzene ring substituents is 1. The van der Waals surface area contributed by atoms with Gasteiger partial charge in [-0.2, -0.15) is 0 Å². The summed E-state index contributed by atoms with van der Waals surface area (Å²) in [6, 6.07) is 8.66. The normalized spacial score (nSPS) is 13.0. The Bertz CT molecular complexity index is 728. The Balaban J connectivity index is 2.03. The quantitative estimate of drug-likeness (QED) is 0.602. The van der Waals surface area contributed by atoms with Crippen molar-refractivity contribution in [1.29, 1.82) is 0 Å². The molecule has 0 heterocycles. The van der Waals surface area contributed by atoms with Crippen molar-refractivity contribution in [1.82, 2.24) is 0 Å². The number of hydrogen-bond donors (Lipinski definition) is 0. The molecule has 21 heavy (non-hydrogen) atoms. The van der Waals surface area contributed by atoms with E-state index in [9.17, 15) is 10.1 Å². The largest absolute Gasteiger partial charge is 0.450 e. The monoisotopic (exact) mass is 303 g/mol. The summed E-state index contributed by atoms with van der Waals surface area (Å²) in [4.78, 5) is 10.9. The fraction of sp³-hybridized carbons (Fsp3) is 0.250. The van der Waals surface area contributed by atoms with E-state index in [0.717, 1.165) is 36.0 Å². The van der Waals surface area contributed by atoms with Crippen molar-refractivity contribution in [3.05, 3.63) is 62.2 Å². The van der Waals surface area contributed by atoms with Crippen molar-refractivity contribution in [3.8, 4) is 11.5 Å². The molecule has 0 fully saturated rings. The summed E-state index contributed by atoms with van der Waals surface area (Å²) in [6.45, 7) is 1.86. The van der Waals surface area contributed by atoms with Crippen LogP contribution >= 0.6 is 11.6 Å². The Hall–Kier alpha value is -2.07. The van der Waals surface area contributed by atoms with Crippen molar-refractivity contribution in [2.24, 2.45) is 0 Å². The van der Waals surface area contributed by atoms with Gasteiger partial charge in [0, 0.05) is 11.1 Å². The molecule has 0 spiro atoms. The lowest BCUT2D eigenvalue weighted by Crippen LogP contribution is -1.97. The second-order valence-electron chi connectivity index (χ2n) is 5.21. The van der Waals surface area contributed by atoms with E-state index in [4.69, 9.17) is 16.3 Å². The maximum Gasteiger partial charge on any atom is 0.311 e. The molecule has 2 aromatic carbocycles. The SMILES string of the molecule is Cc1cc(Cl)ccc1Oc1cc2c(cc1[N+](=O)[O-])CCC2. The van der Waals surface area contributed by atoms with Gasteiger partial charge in [-0.25, -0.2) is 0 Å². The number of benzene rings is 2. The minimum atomic E-state index is -0.390. The first-order valence-electron chi connectivity index (χ1n) is 6.79. The molecule has 0 atom stereocenters. The van der Waals surface area contributed by atoms with Gasteiger partial charge in [-0.1, -0.05) is 11.6 Å². The number of nitrogens with zero attached hydrogens (tertiary/aromatic N) is 1. The van der Waals surface area contributed by atoms with Gasteiger partial charge in [0.2, 0.25) is 5.75 Å². The summed E-state index contributed by atoms with van der Waals surface area (Å²) in [5, 5.41) is 11.9. The van der Waals surface area contributed by atoms with Gasteiger partial charge in [0.05, 0.1) is 4.92 Å². The summed E-state index contributed by atoms with van der Waals surface area (Å²) in [5.41, 5.74) is 3.06. The van der Waals surface area contributed by atoms with Crippen LogP contribution in [-0.4, -0.2) is 4.92 Å². The molecule has 2 aromatic rings. The zero-order chi connectivity index (χ0) is 15.0. The Morgan fingerprint density at radius 1 is 1.14 bits per heavy atom. The molecule has 108 valence electrons. The van der Waals surface area contributed by atoms with E-state index in [2.05, 4.69) is 0 Å². The molecule has 1 aliphatic carbocycles. The lowest BCUT2D eigenvalue weighted by Gasteiger charge is -2.11. The lowest BCUT2D eigenvalue weighted by atomic mass is 10.1. The van der Waals surface area contributed by atoms with Gasteiger partial charge in [-0.3, -0.25) is 10.1 Å². The van der Waals surface area contributed by atoms with Crippen LogP contribution < -0.4 is 4.74 Å². The summed E-state index contributed by atoms with van der Waals surface area (Å²) in [5.74, 6) is 0.881. The molecule has 0 amide bonds. The van der Waals surface area contributed by atoms with E-state index in [0.29, 0.717) is 16.5 Å². The maximum absolute atomic E-state index is 11.3. The molecule has 0 aromatic heterocycles. The molecule has 0 radical (unpaired) electrons. The highest BCUT2D eigenvalue weighted by molar-refractivity contribution is 6.30. The predicted molar refractivity (Wildman–Crippen MR) is 81.4 cm³/mol. The molecule has 1 aliphatic rings. The second kappa shape index (κ2) is 5.37. The van der Waals surface area contributed by atoms with E-state index in [-0.39, 0.29) is 10.6 Å². The summed E-state index contributed by atoms with van der Waals surface area (Å²) in [6.07, 6.45) is 2.88. The number of aryl methyl sites for hydroxylation is 3. The first-order chi connectivity index (χ1) is 10.0. The molecule has 3 rings (SSSR count). The van der Waals surface area contributed by atoms with E-state index < -0.39 is 0 Å². The second-order valence-corrected chi connectivity index (χ2v) is 5.65. The van der Waals surface area contributed by atoms with Crippen molar-refractivity contribution >= 4 is 17.3 Å². The average Bonchev–Trinajstić information content (AvgIpc) is 2.88. The van der Waals surface area contributed by atoms with E-state index >= 15 is 0 Å². The van der Waals surface area contributed by atoms with Crippen molar-refractivity contribution in [2.45, 2.75) is 26.2 Å². The van der Waals surface area contributed by atoms with Gasteiger partial charge >= 0.3 is 5.69 Å². The fourth-order valence-electron chi connectivity index (χ4n) is 2.66. The molecule has 0 N–H and O–H groups in total. The highest BCUT2D eigenvalue weighted by atomic mass is 35.5. The third-order valence-electron chi connectivity index (χ3n) is 3.73. The number of fused-ring (bicyclic) bond motifs is 1. The molecule has 0 aliphatic heterocycles. The van der Waals surface area contributed by atoms with E-state index in [1.807, 2.05) is 6.92 Å². The van der Waals surface area contributed by atoms with Gasteiger partial charge in [0.1, 0.15) is 5.75 Å². The van der Waals surface area contributed by atoms with Crippen LogP contribution in [0, 0.1) is 17.0 Å². The van der Waals surface area contributed by atoms with Crippen LogP contribution in [0.3, 0.4) is 0 Å². The van der Waals surface area contributed by atoms with Gasteiger partial charge in [-0.15, -0.1) is 0 Å². The Labute approximate surface area is 127 Å². The molecular weight excluding hydrogens is 290 g/mol. The van der Waals surface area contributed by atoms with Crippen LogP contribution in [0.1, 0.15) is 23.1 Å². The van der Waals surface area contributed by atoms with E-state index in [1.165, 1.54) is 0 Å². The third kappa shape index (κ3) is 2.72. The summed E-state index contributed by atoms with van der Waals surface area (Å²) >= 11 is 5.91. The van der Waals surface area contributed by atoms with Gasteiger partial charge < -0.3 is 4.74 Å². The average molecular weight is 304 g/mol. The molecule has 0 saturated heterocycles. The number of nitro groups is 1. The van der Waals surface area contributed by atoms with E-state index in [1.54, 1.807) is 30.3 Å². The van der Waals surface area contributed by atoms with Crippen LogP contribution in [0.15, 0.2) is 30.3 Å². The standard InChI is InChI=1S/C16H14ClNO3/c1-10-7-13(17)5-6-15(10)21-16-9-12-4-2-3-11(12)8-14(16)18(19)20/h5-9H,2-4H2,1H3. The number of rotatable bonds is 3. The minimum absolute atomic E-state index is 0.0185. The lowest BCUT2D eigenvalue weighted by molar-refractivity contribution is -0.385. The highest BCUT2D eigenvalue weighted by Gasteiger charge is 2.22. The summed E-state index contributed by atoms with van der Waals surface area (Å²) in [7, 11) is 0. The molecule has 0 bridgehead atoms. The van der Waals surface area contributed by atoms with Crippen LogP contribution in [0.25, 0.3) is 0 Å². The van der Waals surface area contributed by atoms with Gasteiger partial charge in [0.15, 0.2) is 0 Å². The maximum atomic E-state index is 11.3. The number of halogens is 1. The first kappa shape index (κ1) is 13.9. The highest BCUT2D eigenvalue weighted by Crippen LogP contribution is 2.38. The molecule has 4 nitrogen and oxygen atoms in total. The van der Waals surface area contributed by atoms with Crippen molar-refractivity contribution in [3.63, 3.8) is 0 Å². The molecular formula is C16H14ClNO3.